The third-order valence-corrected chi connectivity index (χ3v) is 13.3. The number of alkyl halides is 6. The Morgan fingerprint density at radius 3 is 1.59 bits per heavy atom. The fourth-order valence-electron chi connectivity index (χ4n) is 7.28. The van der Waals surface area contributed by atoms with Gasteiger partial charge in [-0.05, 0) is 60.4 Å². The summed E-state index contributed by atoms with van der Waals surface area (Å²) in [5, 5.41) is 1.92. The van der Waals surface area contributed by atoms with Gasteiger partial charge in [0.15, 0.2) is 0 Å². The number of aromatic amines is 1. The molecule has 8 rings (SSSR count). The highest BCUT2D eigenvalue weighted by Crippen LogP contribution is 2.36. The van der Waals surface area contributed by atoms with Crippen molar-refractivity contribution >= 4 is 90.7 Å². The predicted octanol–water partition coefficient (Wildman–Crippen LogP) is 8.84. The van der Waals surface area contributed by atoms with Gasteiger partial charge in [0.1, 0.15) is 34.1 Å². The monoisotopic (exact) mass is 1080 g/mol. The third kappa shape index (κ3) is 12.6. The number of halogens is 10. The van der Waals surface area contributed by atoms with E-state index >= 15 is 0 Å². The van der Waals surface area contributed by atoms with Crippen LogP contribution in [-0.2, 0) is 60.5 Å². The van der Waals surface area contributed by atoms with Gasteiger partial charge in [-0.2, -0.15) is 34.8 Å². The van der Waals surface area contributed by atoms with E-state index in [0.717, 1.165) is 26.4 Å². The van der Waals surface area contributed by atoms with Gasteiger partial charge in [0.05, 0.1) is 60.7 Å². The molecule has 0 atom stereocenters. The molecular formula is C43H42Cl4F6N8O8S. The number of ether oxygens (including phenoxy) is 2. The molecule has 0 aromatic carbocycles. The quantitative estimate of drug-likeness (QED) is 0.143. The summed E-state index contributed by atoms with van der Waals surface area (Å²) in [6.07, 6.45) is -6.01. The van der Waals surface area contributed by atoms with E-state index in [-0.39, 0.29) is 67.4 Å². The van der Waals surface area contributed by atoms with Crippen LogP contribution in [-0.4, -0.2) is 126 Å². The molecule has 27 heteroatoms. The zero-order valence-corrected chi connectivity index (χ0v) is 41.5. The number of carbonyl (C=O) groups is 2. The van der Waals surface area contributed by atoms with E-state index < -0.39 is 34.1 Å². The van der Waals surface area contributed by atoms with E-state index in [0.29, 0.717) is 97.0 Å². The number of morpholine rings is 2. The summed E-state index contributed by atoms with van der Waals surface area (Å²) in [4.78, 5) is 47.5. The second kappa shape index (κ2) is 22.3. The van der Waals surface area contributed by atoms with Crippen molar-refractivity contribution in [3.8, 4) is 0 Å². The van der Waals surface area contributed by atoms with Crippen LogP contribution in [0, 0.1) is 13.8 Å². The summed E-state index contributed by atoms with van der Waals surface area (Å²) >= 11 is 25.7. The van der Waals surface area contributed by atoms with E-state index in [1.54, 1.807) is 47.4 Å². The van der Waals surface area contributed by atoms with Crippen molar-refractivity contribution in [3.63, 3.8) is 0 Å². The third-order valence-electron chi connectivity index (χ3n) is 11.0. The Kier molecular flexibility index (Phi) is 17.3. The van der Waals surface area contributed by atoms with Gasteiger partial charge in [-0.3, -0.25) is 18.0 Å². The normalized spacial score (nSPS) is 14.6. The van der Waals surface area contributed by atoms with Crippen LogP contribution in [0.15, 0.2) is 36.7 Å². The lowest BCUT2D eigenvalue weighted by Crippen LogP contribution is -2.41. The van der Waals surface area contributed by atoms with Crippen molar-refractivity contribution in [1.82, 2.24) is 39.3 Å². The average Bonchev–Trinajstić information content (AvgIpc) is 3.89. The highest BCUT2D eigenvalue weighted by atomic mass is 35.5. The molecule has 2 fully saturated rings. The molecular weight excluding hydrogens is 1040 g/mol. The summed E-state index contributed by atoms with van der Waals surface area (Å²) in [6.45, 7) is 6.67. The van der Waals surface area contributed by atoms with Crippen LogP contribution in [0.5, 0.6) is 0 Å². The van der Waals surface area contributed by atoms with E-state index in [1.165, 1.54) is 12.4 Å². The highest BCUT2D eigenvalue weighted by molar-refractivity contribution is 7.81. The molecule has 0 bridgehead atoms. The van der Waals surface area contributed by atoms with E-state index in [1.807, 2.05) is 0 Å². The number of carbonyl (C=O) groups excluding carboxylic acids is 2. The molecule has 0 spiro atoms. The minimum absolute atomic E-state index is 0.0766. The van der Waals surface area contributed by atoms with E-state index in [4.69, 9.17) is 55.9 Å². The van der Waals surface area contributed by atoms with Crippen LogP contribution >= 0.6 is 46.4 Å². The molecule has 6 aromatic rings. The second-order valence-electron chi connectivity index (χ2n) is 15.5. The SMILES string of the molecule is COS(=O)(=O)OC.Cc1cc(C(F)(F)F)nc2[nH]c(Cc3c(Cl)cnc(C(=O)N4CCOCC4)c3Cl)cc12.Cc1cc(C(F)(F)F)nc2c1cc(Cc1c(Cl)cnc(C(=O)N3CCOCC3)c1Cl)n2C. The number of rotatable bonds is 8. The van der Waals surface area contributed by atoms with Crippen molar-refractivity contribution in [3.05, 3.63) is 113 Å². The first kappa shape index (κ1) is 54.5. The van der Waals surface area contributed by atoms with Crippen LogP contribution in [0.3, 0.4) is 0 Å². The molecule has 0 radical (unpaired) electrons. The fraction of sp³-hybridized carbons (Fsp3) is 0.395. The van der Waals surface area contributed by atoms with Gasteiger partial charge < -0.3 is 28.8 Å². The van der Waals surface area contributed by atoms with Gasteiger partial charge in [-0.1, -0.05) is 46.4 Å². The highest BCUT2D eigenvalue weighted by Gasteiger charge is 2.35. The topological polar surface area (TPSA) is 184 Å². The lowest BCUT2D eigenvalue weighted by molar-refractivity contribution is -0.141. The molecule has 2 aliphatic rings. The lowest BCUT2D eigenvalue weighted by atomic mass is 10.1. The number of aryl methyl sites for hydroxylation is 3. The molecule has 0 unspecified atom stereocenters. The van der Waals surface area contributed by atoms with Crippen molar-refractivity contribution in [2.75, 3.05) is 66.8 Å². The van der Waals surface area contributed by atoms with Gasteiger partial charge in [-0.15, -0.1) is 0 Å². The van der Waals surface area contributed by atoms with Crippen molar-refractivity contribution in [1.29, 1.82) is 0 Å². The van der Waals surface area contributed by atoms with Gasteiger partial charge in [0.2, 0.25) is 0 Å². The first-order valence-electron chi connectivity index (χ1n) is 20.7. The maximum Gasteiger partial charge on any atom is 0.433 e. The first-order chi connectivity index (χ1) is 32.8. The Bertz CT molecular complexity index is 3020. The standard InChI is InChI=1S/C21H19Cl2F3N4O2.C20H17Cl2F3N4O2.C2H6O4S/c1-11-7-16(21(24,25)26)28-19-13(11)8-12(29(19)2)9-14-15(22)10-27-18(17(14)23)20(31)30-3-5-32-6-4-30;1-10-6-15(20(23,24)25)28-18-12(10)7-11(27-18)8-13-14(21)9-26-17(16(13)22)19(30)29-2-4-31-5-3-29;1-5-7(3,4)6-2/h7-8,10H,3-6,9H2,1-2H3;6-7,9H,2-5,8H2,1H3,(H,27,28);1-2H3. The largest absolute Gasteiger partial charge is 0.433 e. The average molecular weight is 1090 g/mol. The number of hydrogen-bond acceptors (Lipinski definition) is 12. The molecule has 16 nitrogen and oxygen atoms in total. The van der Waals surface area contributed by atoms with Crippen LogP contribution in [0.2, 0.25) is 20.1 Å². The van der Waals surface area contributed by atoms with Crippen LogP contribution < -0.4 is 0 Å². The van der Waals surface area contributed by atoms with E-state index in [2.05, 4.69) is 33.3 Å². The number of nitrogens with one attached hydrogen (secondary N) is 1. The molecule has 1 N–H and O–H groups in total. The molecule has 2 amide bonds. The first-order valence-corrected chi connectivity index (χ1v) is 23.5. The zero-order valence-electron chi connectivity index (χ0n) is 37.6. The summed E-state index contributed by atoms with van der Waals surface area (Å²) < 4.78 is 118. The maximum atomic E-state index is 13.2. The zero-order chi connectivity index (χ0) is 51.5. The minimum Gasteiger partial charge on any atom is -0.378 e. The summed E-state index contributed by atoms with van der Waals surface area (Å²) in [5.41, 5.74) is 1.60. The Morgan fingerprint density at radius 2 is 1.14 bits per heavy atom. The molecule has 0 aliphatic carbocycles. The van der Waals surface area contributed by atoms with Gasteiger partial charge in [0, 0.05) is 80.6 Å². The number of aromatic nitrogens is 6. The Hall–Kier alpha value is -4.85. The number of fused-ring (bicyclic) bond motifs is 2. The second-order valence-corrected chi connectivity index (χ2v) is 18.6. The van der Waals surface area contributed by atoms with Gasteiger partial charge in [0.25, 0.3) is 11.8 Å². The molecule has 2 aliphatic heterocycles. The molecule has 70 heavy (non-hydrogen) atoms. The summed E-state index contributed by atoms with van der Waals surface area (Å²) in [5.74, 6) is -0.643. The number of pyridine rings is 4. The Balaban J connectivity index is 0.000000202. The predicted molar refractivity (Wildman–Crippen MR) is 247 cm³/mol. The minimum atomic E-state index is -4.55. The fourth-order valence-corrected chi connectivity index (χ4v) is 8.53. The molecule has 0 saturated carbocycles. The number of nitrogens with zero attached hydrogens (tertiary/aromatic N) is 7. The summed E-state index contributed by atoms with van der Waals surface area (Å²) in [6, 6.07) is 5.49. The van der Waals surface area contributed by atoms with Crippen LogP contribution in [0.4, 0.5) is 26.3 Å². The van der Waals surface area contributed by atoms with Crippen molar-refractivity contribution in [2.45, 2.75) is 39.0 Å². The maximum absolute atomic E-state index is 13.2. The number of amides is 2. The summed E-state index contributed by atoms with van der Waals surface area (Å²) in [7, 11) is 0.0278. The smallest absolute Gasteiger partial charge is 0.378 e. The van der Waals surface area contributed by atoms with Crippen molar-refractivity contribution in [2.24, 2.45) is 7.05 Å². The number of H-pyrrole nitrogens is 1. The van der Waals surface area contributed by atoms with Crippen molar-refractivity contribution < 1.29 is 62.2 Å². The van der Waals surface area contributed by atoms with E-state index in [9.17, 15) is 44.3 Å². The molecule has 8 heterocycles. The molecule has 378 valence electrons. The van der Waals surface area contributed by atoms with Crippen LogP contribution in [0.25, 0.3) is 22.1 Å². The van der Waals surface area contributed by atoms with Gasteiger partial charge >= 0.3 is 22.8 Å². The molecule has 2 saturated heterocycles. The molecule has 6 aromatic heterocycles. The Morgan fingerprint density at radius 1 is 0.700 bits per heavy atom. The van der Waals surface area contributed by atoms with Gasteiger partial charge in [-0.25, -0.2) is 19.9 Å². The lowest BCUT2D eigenvalue weighted by Gasteiger charge is -2.27. The Labute approximate surface area is 416 Å². The van der Waals surface area contributed by atoms with Crippen LogP contribution in [0.1, 0.15) is 66.0 Å². The number of hydrogen-bond donors (Lipinski definition) is 1.